The third-order valence-corrected chi connectivity index (χ3v) is 2.15. The highest BCUT2D eigenvalue weighted by Gasteiger charge is 2.13. The predicted molar refractivity (Wildman–Crippen MR) is 60.8 cm³/mol. The Morgan fingerprint density at radius 1 is 1.44 bits per heavy atom. The molecule has 1 rings (SSSR count). The summed E-state index contributed by atoms with van der Waals surface area (Å²) in [6.45, 7) is 1.67. The molecule has 0 saturated carbocycles. The molecule has 1 aromatic heterocycles. The van der Waals surface area contributed by atoms with E-state index in [1.807, 2.05) is 0 Å². The monoisotopic (exact) mass is 226 g/mol. The first-order valence-corrected chi connectivity index (χ1v) is 4.82. The van der Waals surface area contributed by atoms with Gasteiger partial charge in [-0.05, 0) is 0 Å². The van der Waals surface area contributed by atoms with Gasteiger partial charge in [0.1, 0.15) is 11.5 Å². The third kappa shape index (κ3) is 2.13. The minimum Gasteiger partial charge on any atom is -0.373 e. The molecule has 16 heavy (non-hydrogen) atoms. The number of amides is 1. The number of aromatic amines is 1. The summed E-state index contributed by atoms with van der Waals surface area (Å²) < 4.78 is 1.21. The summed E-state index contributed by atoms with van der Waals surface area (Å²) in [7, 11) is 3.06. The Kier molecular flexibility index (Phi) is 3.49. The summed E-state index contributed by atoms with van der Waals surface area (Å²) in [5.41, 5.74) is -1.10. The fourth-order valence-corrected chi connectivity index (χ4v) is 1.26. The second-order valence-electron chi connectivity index (χ2n) is 3.19. The van der Waals surface area contributed by atoms with Crippen molar-refractivity contribution < 1.29 is 4.79 Å². The zero-order chi connectivity index (χ0) is 12.3. The van der Waals surface area contributed by atoms with Crippen molar-refractivity contribution in [1.29, 1.82) is 0 Å². The Bertz CT molecular complexity index is 514. The van der Waals surface area contributed by atoms with Gasteiger partial charge < -0.3 is 10.6 Å². The second kappa shape index (κ2) is 4.65. The van der Waals surface area contributed by atoms with Gasteiger partial charge in [0, 0.05) is 20.5 Å². The van der Waals surface area contributed by atoms with E-state index in [0.29, 0.717) is 0 Å². The van der Waals surface area contributed by atoms with Crippen LogP contribution in [-0.2, 0) is 11.8 Å². The van der Waals surface area contributed by atoms with Crippen molar-refractivity contribution in [1.82, 2.24) is 9.55 Å². The first-order chi connectivity index (χ1) is 7.51. The van der Waals surface area contributed by atoms with Gasteiger partial charge in [-0.3, -0.25) is 19.1 Å². The summed E-state index contributed by atoms with van der Waals surface area (Å²) >= 11 is 0. The number of anilines is 2. The van der Waals surface area contributed by atoms with Crippen LogP contribution in [0.4, 0.5) is 11.5 Å². The maximum atomic E-state index is 11.5. The average molecular weight is 226 g/mol. The van der Waals surface area contributed by atoms with Gasteiger partial charge in [-0.15, -0.1) is 0 Å². The molecule has 88 valence electrons. The van der Waals surface area contributed by atoms with E-state index in [1.54, 1.807) is 14.0 Å². The lowest BCUT2D eigenvalue weighted by molar-refractivity contribution is -0.115. The largest absolute Gasteiger partial charge is 0.373 e. The van der Waals surface area contributed by atoms with E-state index in [1.165, 1.54) is 11.6 Å². The van der Waals surface area contributed by atoms with Gasteiger partial charge in [-0.2, -0.15) is 0 Å². The normalized spacial score (nSPS) is 9.94. The van der Waals surface area contributed by atoms with Crippen LogP contribution in [0, 0.1) is 0 Å². The fourth-order valence-electron chi connectivity index (χ4n) is 1.26. The molecule has 0 aliphatic heterocycles. The molecule has 0 saturated heterocycles. The molecule has 0 spiro atoms. The number of carbonyl (C=O) groups is 1. The Hall–Kier alpha value is -2.05. The van der Waals surface area contributed by atoms with Crippen LogP contribution in [0.2, 0.25) is 0 Å². The zero-order valence-electron chi connectivity index (χ0n) is 9.38. The molecule has 0 unspecified atom stereocenters. The number of carbonyl (C=O) groups excluding carboxylic acids is 1. The number of aromatic nitrogens is 2. The molecule has 0 fully saturated rings. The van der Waals surface area contributed by atoms with Crippen molar-refractivity contribution in [3.8, 4) is 0 Å². The Morgan fingerprint density at radius 3 is 2.56 bits per heavy atom. The molecule has 1 heterocycles. The van der Waals surface area contributed by atoms with E-state index >= 15 is 0 Å². The lowest BCUT2D eigenvalue weighted by Crippen LogP contribution is -2.33. The van der Waals surface area contributed by atoms with Gasteiger partial charge in [0.2, 0.25) is 5.91 Å². The molecule has 7 heteroatoms. The number of hydrogen-bond donors (Lipinski definition) is 3. The fraction of sp³-hybridized carbons (Fsp3) is 0.444. The van der Waals surface area contributed by atoms with E-state index in [-0.39, 0.29) is 23.8 Å². The molecule has 1 aromatic rings. The van der Waals surface area contributed by atoms with Crippen LogP contribution in [0.15, 0.2) is 9.59 Å². The van der Waals surface area contributed by atoms with Gasteiger partial charge in [0.25, 0.3) is 5.56 Å². The Balaban J connectivity index is 3.37. The van der Waals surface area contributed by atoms with Crippen molar-refractivity contribution in [3.63, 3.8) is 0 Å². The van der Waals surface area contributed by atoms with Crippen LogP contribution >= 0.6 is 0 Å². The first-order valence-electron chi connectivity index (χ1n) is 4.82. The number of nitrogens with one attached hydrogen (secondary N) is 3. The highest BCUT2D eigenvalue weighted by Crippen LogP contribution is 2.12. The molecule has 0 aromatic carbocycles. The molecular weight excluding hydrogens is 212 g/mol. The highest BCUT2D eigenvalue weighted by atomic mass is 16.2. The van der Waals surface area contributed by atoms with E-state index in [9.17, 15) is 14.4 Å². The summed E-state index contributed by atoms with van der Waals surface area (Å²) in [5.74, 6) is -0.0174. The summed E-state index contributed by atoms with van der Waals surface area (Å²) in [5, 5.41) is 5.15. The van der Waals surface area contributed by atoms with Crippen molar-refractivity contribution in [2.75, 3.05) is 17.7 Å². The van der Waals surface area contributed by atoms with E-state index < -0.39 is 11.2 Å². The third-order valence-electron chi connectivity index (χ3n) is 2.15. The Morgan fingerprint density at radius 2 is 2.06 bits per heavy atom. The molecule has 7 nitrogen and oxygen atoms in total. The van der Waals surface area contributed by atoms with Crippen LogP contribution in [0.5, 0.6) is 0 Å². The standard InChI is InChI=1S/C9H14N4O3/c1-4-5(14)11-6-7(10-2)13(3)9(16)12-8(6)15/h10H,4H2,1-3H3,(H,11,14)(H,12,15,16). The minimum atomic E-state index is -0.616. The average Bonchev–Trinajstić information content (AvgIpc) is 2.26. The van der Waals surface area contributed by atoms with Gasteiger partial charge in [-0.1, -0.05) is 6.92 Å². The van der Waals surface area contributed by atoms with Gasteiger partial charge in [-0.25, -0.2) is 4.79 Å². The number of H-pyrrole nitrogens is 1. The van der Waals surface area contributed by atoms with Crippen molar-refractivity contribution in [2.45, 2.75) is 13.3 Å². The number of hydrogen-bond acceptors (Lipinski definition) is 4. The lowest BCUT2D eigenvalue weighted by Gasteiger charge is -2.12. The minimum absolute atomic E-state index is 0.0523. The maximum absolute atomic E-state index is 11.5. The summed E-state index contributed by atoms with van der Waals surface area (Å²) in [6, 6.07) is 0. The van der Waals surface area contributed by atoms with Gasteiger partial charge >= 0.3 is 5.69 Å². The smallest absolute Gasteiger partial charge is 0.329 e. The zero-order valence-corrected chi connectivity index (χ0v) is 9.38. The molecule has 0 bridgehead atoms. The maximum Gasteiger partial charge on any atom is 0.329 e. The van der Waals surface area contributed by atoms with Crippen LogP contribution in [0.1, 0.15) is 13.3 Å². The van der Waals surface area contributed by atoms with E-state index in [4.69, 9.17) is 0 Å². The van der Waals surface area contributed by atoms with Crippen LogP contribution in [0.25, 0.3) is 0 Å². The summed E-state index contributed by atoms with van der Waals surface area (Å²) in [4.78, 5) is 36.1. The van der Waals surface area contributed by atoms with Crippen LogP contribution in [0.3, 0.4) is 0 Å². The molecule has 1 amide bonds. The summed E-state index contributed by atoms with van der Waals surface area (Å²) in [6.07, 6.45) is 0.255. The molecule has 0 aliphatic carbocycles. The predicted octanol–water partition coefficient (Wildman–Crippen LogP) is -0.536. The molecule has 0 atom stereocenters. The van der Waals surface area contributed by atoms with Crippen molar-refractivity contribution in [2.24, 2.45) is 7.05 Å². The second-order valence-corrected chi connectivity index (χ2v) is 3.19. The molecule has 0 radical (unpaired) electrons. The molecular formula is C9H14N4O3. The van der Waals surface area contributed by atoms with Gasteiger partial charge in [0.15, 0.2) is 0 Å². The number of nitrogens with zero attached hydrogens (tertiary/aromatic N) is 1. The molecule has 3 N–H and O–H groups in total. The highest BCUT2D eigenvalue weighted by molar-refractivity contribution is 5.93. The van der Waals surface area contributed by atoms with Crippen molar-refractivity contribution in [3.05, 3.63) is 20.8 Å². The SMILES string of the molecule is CCC(=O)Nc1c(NC)n(C)c(=O)[nH]c1=O. The van der Waals surface area contributed by atoms with Gasteiger partial charge in [0.05, 0.1) is 0 Å². The van der Waals surface area contributed by atoms with E-state index in [2.05, 4.69) is 15.6 Å². The Labute approximate surface area is 91.5 Å². The van der Waals surface area contributed by atoms with Crippen LogP contribution < -0.4 is 21.9 Å². The first kappa shape index (κ1) is 12.0. The lowest BCUT2D eigenvalue weighted by atomic mass is 10.4. The van der Waals surface area contributed by atoms with E-state index in [0.717, 1.165) is 0 Å². The van der Waals surface area contributed by atoms with Crippen LogP contribution in [-0.4, -0.2) is 22.5 Å². The topological polar surface area (TPSA) is 96.0 Å². The quantitative estimate of drug-likeness (QED) is 0.645. The number of rotatable bonds is 3. The molecule has 0 aliphatic rings. The van der Waals surface area contributed by atoms with Crippen molar-refractivity contribution >= 4 is 17.4 Å².